The van der Waals surface area contributed by atoms with E-state index in [2.05, 4.69) is 32.7 Å². The van der Waals surface area contributed by atoms with E-state index in [4.69, 9.17) is 5.73 Å². The van der Waals surface area contributed by atoms with Crippen LogP contribution in [0.15, 0.2) is 22.5 Å². The number of hydrogen-bond acceptors (Lipinski definition) is 3. The van der Waals surface area contributed by atoms with Crippen molar-refractivity contribution in [3.63, 3.8) is 0 Å². The fourth-order valence-electron chi connectivity index (χ4n) is 1.97. The van der Waals surface area contributed by atoms with Gasteiger partial charge in [0.05, 0.1) is 5.00 Å². The van der Waals surface area contributed by atoms with E-state index in [9.17, 15) is 0 Å². The Morgan fingerprint density at radius 2 is 2.24 bits per heavy atom. The van der Waals surface area contributed by atoms with Crippen molar-refractivity contribution in [2.75, 3.05) is 25.0 Å². The summed E-state index contributed by atoms with van der Waals surface area (Å²) in [5.41, 5.74) is 5.66. The van der Waals surface area contributed by atoms with Gasteiger partial charge in [-0.1, -0.05) is 0 Å². The van der Waals surface area contributed by atoms with E-state index in [1.54, 1.807) is 18.4 Å². The number of rotatable bonds is 2. The van der Waals surface area contributed by atoms with Crippen LogP contribution < -0.4 is 16.0 Å². The number of nitrogens with zero attached hydrogens (tertiary/aromatic N) is 2. The maximum absolute atomic E-state index is 5.66. The highest BCUT2D eigenvalue weighted by Gasteiger charge is 2.19. The molecule has 1 saturated heterocycles. The zero-order chi connectivity index (χ0) is 11.4. The Labute approximate surface area is 123 Å². The first-order chi connectivity index (χ1) is 7.79. The van der Waals surface area contributed by atoms with Crippen LogP contribution in [0.5, 0.6) is 0 Å². The predicted octanol–water partition coefficient (Wildman–Crippen LogP) is 1.87. The lowest BCUT2D eigenvalue weighted by molar-refractivity contribution is 0.466. The second-order valence-corrected chi connectivity index (χ2v) is 4.89. The summed E-state index contributed by atoms with van der Waals surface area (Å²) in [6, 6.07) is 4.76. The lowest BCUT2D eigenvalue weighted by Gasteiger charge is -2.33. The van der Waals surface area contributed by atoms with Gasteiger partial charge < -0.3 is 16.0 Å². The Balaban J connectivity index is 0.00000144. The van der Waals surface area contributed by atoms with Crippen LogP contribution in [-0.4, -0.2) is 32.1 Å². The van der Waals surface area contributed by atoms with Crippen molar-refractivity contribution in [3.05, 3.63) is 17.5 Å². The first-order valence-corrected chi connectivity index (χ1v) is 6.45. The van der Waals surface area contributed by atoms with Crippen molar-refractivity contribution in [1.82, 2.24) is 5.32 Å². The maximum Gasteiger partial charge on any atom is 0.188 e. The van der Waals surface area contributed by atoms with Crippen LogP contribution in [0.1, 0.15) is 12.8 Å². The number of thiophene rings is 1. The molecule has 0 saturated carbocycles. The summed E-state index contributed by atoms with van der Waals surface area (Å²) < 4.78 is 0. The minimum absolute atomic E-state index is 0. The Bertz CT molecular complexity index is 344. The highest BCUT2D eigenvalue weighted by atomic mass is 127. The lowest BCUT2D eigenvalue weighted by Crippen LogP contribution is -2.46. The molecule has 0 unspecified atom stereocenters. The highest BCUT2D eigenvalue weighted by Crippen LogP contribution is 2.24. The molecule has 1 aliphatic rings. The smallest absolute Gasteiger partial charge is 0.188 e. The zero-order valence-electron chi connectivity index (χ0n) is 9.93. The molecule has 1 aliphatic heterocycles. The van der Waals surface area contributed by atoms with Crippen LogP contribution in [0.3, 0.4) is 0 Å². The molecular formula is C11H19IN4S. The number of nitrogens with one attached hydrogen (secondary N) is 1. The molecule has 0 bridgehead atoms. The third kappa shape index (κ3) is 4.02. The Morgan fingerprint density at radius 1 is 1.53 bits per heavy atom. The summed E-state index contributed by atoms with van der Waals surface area (Å²) in [5, 5.41) is 6.74. The SMILES string of the molecule is CN=C(N)NC1CCN(c2cccs2)CC1.I. The molecule has 0 aliphatic carbocycles. The van der Waals surface area contributed by atoms with E-state index in [0.29, 0.717) is 12.0 Å². The highest BCUT2D eigenvalue weighted by molar-refractivity contribution is 14.0. The Hall–Kier alpha value is -0.500. The number of halogens is 1. The fraction of sp³-hybridized carbons (Fsp3) is 0.545. The van der Waals surface area contributed by atoms with Gasteiger partial charge in [-0.05, 0) is 30.4 Å². The fourth-order valence-corrected chi connectivity index (χ4v) is 2.75. The van der Waals surface area contributed by atoms with Crippen LogP contribution in [0.2, 0.25) is 0 Å². The Kier molecular flexibility index (Phi) is 6.04. The van der Waals surface area contributed by atoms with E-state index in [1.807, 2.05) is 0 Å². The van der Waals surface area contributed by atoms with Crippen molar-refractivity contribution in [2.24, 2.45) is 10.7 Å². The molecule has 0 radical (unpaired) electrons. The molecule has 1 fully saturated rings. The number of piperidine rings is 1. The van der Waals surface area contributed by atoms with Crippen LogP contribution >= 0.6 is 35.3 Å². The molecule has 0 spiro atoms. The largest absolute Gasteiger partial charge is 0.370 e. The summed E-state index contributed by atoms with van der Waals surface area (Å²) in [6.45, 7) is 2.18. The molecule has 0 amide bonds. The van der Waals surface area contributed by atoms with Crippen LogP contribution in [0, 0.1) is 0 Å². The normalized spacial score (nSPS) is 17.7. The minimum atomic E-state index is 0. The average molecular weight is 366 g/mol. The van der Waals surface area contributed by atoms with Gasteiger partial charge in [0.1, 0.15) is 0 Å². The van der Waals surface area contributed by atoms with Crippen molar-refractivity contribution < 1.29 is 0 Å². The van der Waals surface area contributed by atoms with Gasteiger partial charge in [-0.3, -0.25) is 4.99 Å². The van der Waals surface area contributed by atoms with Gasteiger partial charge in [0.25, 0.3) is 0 Å². The molecule has 17 heavy (non-hydrogen) atoms. The monoisotopic (exact) mass is 366 g/mol. The van der Waals surface area contributed by atoms with Crippen molar-refractivity contribution in [3.8, 4) is 0 Å². The molecule has 96 valence electrons. The number of nitrogens with two attached hydrogens (primary N) is 1. The summed E-state index contributed by atoms with van der Waals surface area (Å²) >= 11 is 1.81. The van der Waals surface area contributed by atoms with Crippen molar-refractivity contribution >= 4 is 46.3 Å². The van der Waals surface area contributed by atoms with Crippen LogP contribution in [-0.2, 0) is 0 Å². The quantitative estimate of drug-likeness (QED) is 0.477. The summed E-state index contributed by atoms with van der Waals surface area (Å²) in [4.78, 5) is 6.36. The molecular weight excluding hydrogens is 347 g/mol. The van der Waals surface area contributed by atoms with Crippen LogP contribution in [0.25, 0.3) is 0 Å². The zero-order valence-corrected chi connectivity index (χ0v) is 13.1. The summed E-state index contributed by atoms with van der Waals surface area (Å²) in [5.74, 6) is 0.551. The Morgan fingerprint density at radius 3 is 2.76 bits per heavy atom. The molecule has 0 atom stereocenters. The number of guanidine groups is 1. The van der Waals surface area contributed by atoms with Gasteiger partial charge in [0.2, 0.25) is 0 Å². The van der Waals surface area contributed by atoms with Gasteiger partial charge in [-0.2, -0.15) is 0 Å². The summed E-state index contributed by atoms with van der Waals surface area (Å²) in [7, 11) is 1.71. The molecule has 3 N–H and O–H groups in total. The lowest BCUT2D eigenvalue weighted by atomic mass is 10.1. The maximum atomic E-state index is 5.66. The molecule has 2 rings (SSSR count). The van der Waals surface area contributed by atoms with E-state index in [1.165, 1.54) is 5.00 Å². The summed E-state index contributed by atoms with van der Waals surface area (Å²) in [6.07, 6.45) is 2.24. The first-order valence-electron chi connectivity index (χ1n) is 5.57. The van der Waals surface area contributed by atoms with Gasteiger partial charge in [-0.25, -0.2) is 0 Å². The molecule has 6 heteroatoms. The first kappa shape index (κ1) is 14.6. The molecule has 1 aromatic rings. The van der Waals surface area contributed by atoms with E-state index >= 15 is 0 Å². The molecule has 0 aromatic carbocycles. The van der Waals surface area contributed by atoms with E-state index in [-0.39, 0.29) is 24.0 Å². The second-order valence-electron chi connectivity index (χ2n) is 3.97. The third-order valence-electron chi connectivity index (χ3n) is 2.91. The predicted molar refractivity (Wildman–Crippen MR) is 85.7 cm³/mol. The molecule has 1 aromatic heterocycles. The minimum Gasteiger partial charge on any atom is -0.370 e. The average Bonchev–Trinajstić information content (AvgIpc) is 2.83. The number of anilines is 1. The van der Waals surface area contributed by atoms with Gasteiger partial charge >= 0.3 is 0 Å². The van der Waals surface area contributed by atoms with Gasteiger partial charge in [-0.15, -0.1) is 35.3 Å². The number of aliphatic imine (C=N–C) groups is 1. The van der Waals surface area contributed by atoms with Crippen LogP contribution in [0.4, 0.5) is 5.00 Å². The third-order valence-corrected chi connectivity index (χ3v) is 3.83. The van der Waals surface area contributed by atoms with Crippen molar-refractivity contribution in [2.45, 2.75) is 18.9 Å². The molecule has 2 heterocycles. The van der Waals surface area contributed by atoms with Crippen molar-refractivity contribution in [1.29, 1.82) is 0 Å². The van der Waals surface area contributed by atoms with Gasteiger partial charge in [0.15, 0.2) is 5.96 Å². The second kappa shape index (κ2) is 7.05. The van der Waals surface area contributed by atoms with E-state index < -0.39 is 0 Å². The van der Waals surface area contributed by atoms with E-state index in [0.717, 1.165) is 25.9 Å². The topological polar surface area (TPSA) is 53.6 Å². The van der Waals surface area contributed by atoms with Gasteiger partial charge in [0, 0.05) is 26.2 Å². The number of hydrogen-bond donors (Lipinski definition) is 2. The standard InChI is InChI=1S/C11H18N4S.HI/c1-13-11(12)14-9-4-6-15(7-5-9)10-3-2-8-16-10;/h2-3,8-9H,4-7H2,1H3,(H3,12,13,14);1H. The molecule has 4 nitrogen and oxygen atoms in total.